The van der Waals surface area contributed by atoms with E-state index in [0.717, 1.165) is 33.3 Å². The Hall–Kier alpha value is -3.83. The fourth-order valence-electron chi connectivity index (χ4n) is 3.95. The average molecular weight is 465 g/mol. The van der Waals surface area contributed by atoms with Gasteiger partial charge >= 0.3 is 0 Å². The molecule has 4 nitrogen and oxygen atoms in total. The lowest BCUT2D eigenvalue weighted by Crippen LogP contribution is -2.28. The lowest BCUT2D eigenvalue weighted by atomic mass is 10.0. The molecule has 4 aromatic rings. The van der Waals surface area contributed by atoms with Crippen molar-refractivity contribution in [2.45, 2.75) is 13.5 Å². The van der Waals surface area contributed by atoms with Gasteiger partial charge in [0.2, 0.25) is 0 Å². The maximum absolute atomic E-state index is 13.6. The smallest absolute Gasteiger partial charge is 0.267 e. The molecule has 0 N–H and O–H groups in total. The second-order valence-corrected chi connectivity index (χ2v) is 8.86. The van der Waals surface area contributed by atoms with Crippen LogP contribution in [-0.4, -0.2) is 22.6 Å². The van der Waals surface area contributed by atoms with Crippen molar-refractivity contribution < 1.29 is 9.53 Å². The van der Waals surface area contributed by atoms with E-state index in [2.05, 4.69) is 18.2 Å². The Bertz CT molecular complexity index is 1380. The summed E-state index contributed by atoms with van der Waals surface area (Å²) in [7, 11) is 0. The molecule has 1 heterocycles. The molecular formula is C29H24N2O2S. The number of amides is 1. The lowest BCUT2D eigenvalue weighted by Gasteiger charge is -2.15. The zero-order valence-corrected chi connectivity index (χ0v) is 19.7. The van der Waals surface area contributed by atoms with Crippen LogP contribution in [0.5, 0.6) is 5.75 Å². The Morgan fingerprint density at radius 3 is 2.35 bits per heavy atom. The van der Waals surface area contributed by atoms with Crippen molar-refractivity contribution in [1.82, 2.24) is 4.90 Å². The first-order chi connectivity index (χ1) is 16.7. The minimum atomic E-state index is -0.0566. The van der Waals surface area contributed by atoms with E-state index in [1.165, 1.54) is 11.8 Å². The van der Waals surface area contributed by atoms with Gasteiger partial charge in [-0.2, -0.15) is 0 Å². The minimum Gasteiger partial charge on any atom is -0.493 e. The summed E-state index contributed by atoms with van der Waals surface area (Å²) >= 11 is 1.40. The number of nitrogens with zero attached hydrogens (tertiary/aromatic N) is 2. The monoisotopic (exact) mass is 464 g/mol. The zero-order valence-electron chi connectivity index (χ0n) is 18.8. The Labute approximate surface area is 203 Å². The standard InChI is InChI=1S/C29H24N2O2S/c1-2-33-26-18-17-22-13-9-10-16-24(22)25(26)19-27-28(32)31(20-21-11-5-3-6-12-21)29(34-27)30-23-14-7-4-8-15-23/h3-19H,2,20H2,1H3/b27-19+,30-29?. The van der Waals surface area contributed by atoms with Crippen molar-refractivity contribution in [3.05, 3.63) is 113 Å². The molecule has 0 bridgehead atoms. The molecular weight excluding hydrogens is 440 g/mol. The Morgan fingerprint density at radius 2 is 1.59 bits per heavy atom. The van der Waals surface area contributed by atoms with Crippen LogP contribution in [0.15, 0.2) is 107 Å². The predicted molar refractivity (Wildman–Crippen MR) is 141 cm³/mol. The summed E-state index contributed by atoms with van der Waals surface area (Å²) < 4.78 is 5.93. The third-order valence-corrected chi connectivity index (χ3v) is 6.57. The number of carbonyl (C=O) groups is 1. The molecule has 0 spiro atoms. The highest BCUT2D eigenvalue weighted by Crippen LogP contribution is 2.38. The normalized spacial score (nSPS) is 16.0. The first-order valence-corrected chi connectivity index (χ1v) is 12.1. The second kappa shape index (κ2) is 9.98. The van der Waals surface area contributed by atoms with Gasteiger partial charge in [-0.05, 0) is 59.3 Å². The Balaban J connectivity index is 1.59. The van der Waals surface area contributed by atoms with Gasteiger partial charge < -0.3 is 4.74 Å². The van der Waals surface area contributed by atoms with E-state index in [0.29, 0.717) is 23.2 Å². The van der Waals surface area contributed by atoms with E-state index in [-0.39, 0.29) is 5.91 Å². The maximum atomic E-state index is 13.6. The number of aliphatic imine (C=N–C) groups is 1. The summed E-state index contributed by atoms with van der Waals surface area (Å²) in [5.41, 5.74) is 2.78. The number of fused-ring (bicyclic) bond motifs is 1. The number of hydrogen-bond donors (Lipinski definition) is 0. The van der Waals surface area contributed by atoms with Gasteiger partial charge in [-0.25, -0.2) is 4.99 Å². The molecule has 0 aliphatic carbocycles. The predicted octanol–water partition coefficient (Wildman–Crippen LogP) is 7.04. The second-order valence-electron chi connectivity index (χ2n) is 7.85. The van der Waals surface area contributed by atoms with Gasteiger partial charge in [0.25, 0.3) is 5.91 Å². The molecule has 0 radical (unpaired) electrons. The summed E-state index contributed by atoms with van der Waals surface area (Å²) in [6.45, 7) is 2.98. The fourth-order valence-corrected chi connectivity index (χ4v) is 4.93. The number of rotatable bonds is 6. The van der Waals surface area contributed by atoms with Gasteiger partial charge in [0, 0.05) is 5.56 Å². The van der Waals surface area contributed by atoms with Gasteiger partial charge in [-0.15, -0.1) is 0 Å². The van der Waals surface area contributed by atoms with Crippen LogP contribution in [0, 0.1) is 0 Å². The summed E-state index contributed by atoms with van der Waals surface area (Å²) in [5.74, 6) is 0.712. The van der Waals surface area contributed by atoms with Gasteiger partial charge in [-0.1, -0.05) is 78.9 Å². The third-order valence-electron chi connectivity index (χ3n) is 5.56. The molecule has 1 aliphatic rings. The van der Waals surface area contributed by atoms with E-state index < -0.39 is 0 Å². The van der Waals surface area contributed by atoms with Crippen LogP contribution in [0.3, 0.4) is 0 Å². The fraction of sp³-hybridized carbons (Fsp3) is 0.103. The summed E-state index contributed by atoms with van der Waals surface area (Å²) in [4.78, 5) is 20.8. The SMILES string of the molecule is CCOc1ccc2ccccc2c1/C=C1/SC(=Nc2ccccc2)N(Cc2ccccc2)C1=O. The quantitative estimate of drug-likeness (QED) is 0.287. The lowest BCUT2D eigenvalue weighted by molar-refractivity contribution is -0.122. The third kappa shape index (κ3) is 4.61. The maximum Gasteiger partial charge on any atom is 0.267 e. The van der Waals surface area contributed by atoms with Crippen molar-refractivity contribution in [1.29, 1.82) is 0 Å². The summed E-state index contributed by atoms with van der Waals surface area (Å²) in [6.07, 6.45) is 1.95. The molecule has 1 fully saturated rings. The molecule has 0 atom stereocenters. The van der Waals surface area contributed by atoms with Crippen molar-refractivity contribution in [2.75, 3.05) is 6.61 Å². The van der Waals surface area contributed by atoms with Crippen LogP contribution in [0.4, 0.5) is 5.69 Å². The van der Waals surface area contributed by atoms with E-state index >= 15 is 0 Å². The molecule has 5 heteroatoms. The van der Waals surface area contributed by atoms with E-state index in [9.17, 15) is 4.79 Å². The van der Waals surface area contributed by atoms with Gasteiger partial charge in [0.1, 0.15) is 5.75 Å². The molecule has 0 aromatic heterocycles. The van der Waals surface area contributed by atoms with Crippen molar-refractivity contribution in [3.8, 4) is 5.75 Å². The number of thioether (sulfide) groups is 1. The number of carbonyl (C=O) groups excluding carboxylic acids is 1. The molecule has 0 unspecified atom stereocenters. The van der Waals surface area contributed by atoms with Gasteiger partial charge in [-0.3, -0.25) is 9.69 Å². The topological polar surface area (TPSA) is 41.9 Å². The van der Waals surface area contributed by atoms with Gasteiger partial charge in [0.15, 0.2) is 5.17 Å². The van der Waals surface area contributed by atoms with Crippen LogP contribution in [0.2, 0.25) is 0 Å². The summed E-state index contributed by atoms with van der Waals surface area (Å²) in [6, 6.07) is 31.9. The van der Waals surface area contributed by atoms with E-state index in [1.807, 2.05) is 91.9 Å². The number of benzene rings is 4. The van der Waals surface area contributed by atoms with Crippen LogP contribution in [-0.2, 0) is 11.3 Å². The van der Waals surface area contributed by atoms with Crippen LogP contribution in [0.25, 0.3) is 16.8 Å². The largest absolute Gasteiger partial charge is 0.493 e. The highest BCUT2D eigenvalue weighted by Gasteiger charge is 2.34. The van der Waals surface area contributed by atoms with Crippen LogP contribution < -0.4 is 4.74 Å². The van der Waals surface area contributed by atoms with Crippen molar-refractivity contribution in [2.24, 2.45) is 4.99 Å². The minimum absolute atomic E-state index is 0.0566. The number of hydrogen-bond acceptors (Lipinski definition) is 4. The van der Waals surface area contributed by atoms with Gasteiger partial charge in [0.05, 0.1) is 23.7 Å². The Morgan fingerprint density at radius 1 is 0.882 bits per heavy atom. The zero-order chi connectivity index (χ0) is 23.3. The molecule has 4 aromatic carbocycles. The molecule has 5 rings (SSSR count). The van der Waals surface area contributed by atoms with Crippen LogP contribution in [0.1, 0.15) is 18.1 Å². The Kier molecular flexibility index (Phi) is 6.45. The van der Waals surface area contributed by atoms with Crippen molar-refractivity contribution in [3.63, 3.8) is 0 Å². The molecule has 168 valence electrons. The number of amidine groups is 1. The number of para-hydroxylation sites is 1. The average Bonchev–Trinajstić information content (AvgIpc) is 3.15. The van der Waals surface area contributed by atoms with E-state index in [1.54, 1.807) is 4.90 Å². The first kappa shape index (κ1) is 22.0. The molecule has 0 saturated carbocycles. The summed E-state index contributed by atoms with van der Waals surface area (Å²) in [5, 5.41) is 2.83. The highest BCUT2D eigenvalue weighted by molar-refractivity contribution is 8.18. The van der Waals surface area contributed by atoms with Crippen molar-refractivity contribution >= 4 is 45.4 Å². The molecule has 1 amide bonds. The molecule has 1 aliphatic heterocycles. The number of ether oxygens (including phenoxy) is 1. The highest BCUT2D eigenvalue weighted by atomic mass is 32.2. The van der Waals surface area contributed by atoms with E-state index in [4.69, 9.17) is 9.73 Å². The van der Waals surface area contributed by atoms with Crippen LogP contribution >= 0.6 is 11.8 Å². The molecule has 34 heavy (non-hydrogen) atoms. The first-order valence-electron chi connectivity index (χ1n) is 11.3. The molecule has 1 saturated heterocycles.